The highest BCUT2D eigenvalue weighted by molar-refractivity contribution is 5.47. The molecule has 2 aromatic rings. The van der Waals surface area contributed by atoms with Crippen molar-refractivity contribution in [1.82, 2.24) is 4.98 Å². The minimum absolute atomic E-state index is 0.138. The second kappa shape index (κ2) is 5.14. The summed E-state index contributed by atoms with van der Waals surface area (Å²) < 4.78 is 13.1. The number of aliphatic hydroxyl groups is 1. The number of hydrogen-bond donors (Lipinski definition) is 2. The van der Waals surface area contributed by atoms with E-state index in [0.717, 1.165) is 0 Å². The number of pyridine rings is 1. The van der Waals surface area contributed by atoms with Gasteiger partial charge in [0.1, 0.15) is 5.82 Å². The maximum atomic E-state index is 13.1. The predicted molar refractivity (Wildman–Crippen MR) is 68.7 cm³/mol. The molecular weight excluding hydrogens is 231 g/mol. The van der Waals surface area contributed by atoms with Gasteiger partial charge in [-0.3, -0.25) is 4.98 Å². The van der Waals surface area contributed by atoms with Gasteiger partial charge in [-0.1, -0.05) is 12.1 Å². The highest BCUT2D eigenvalue weighted by Gasteiger charge is 2.26. The van der Waals surface area contributed by atoms with Crippen LogP contribution in [0, 0.1) is 5.82 Å². The maximum absolute atomic E-state index is 13.1. The highest BCUT2D eigenvalue weighted by atomic mass is 19.1. The summed E-state index contributed by atoms with van der Waals surface area (Å²) in [6.45, 7) is 1.68. The molecule has 0 fully saturated rings. The fourth-order valence-corrected chi connectivity index (χ4v) is 1.76. The van der Waals surface area contributed by atoms with Crippen molar-refractivity contribution in [3.63, 3.8) is 0 Å². The van der Waals surface area contributed by atoms with Gasteiger partial charge in [-0.25, -0.2) is 4.39 Å². The molecule has 1 unspecified atom stereocenters. The number of nitrogens with one attached hydrogen (secondary N) is 1. The van der Waals surface area contributed by atoms with E-state index in [-0.39, 0.29) is 12.4 Å². The summed E-state index contributed by atoms with van der Waals surface area (Å²) >= 11 is 0. The first-order valence-corrected chi connectivity index (χ1v) is 5.70. The lowest BCUT2D eigenvalue weighted by Gasteiger charge is -2.29. The van der Waals surface area contributed by atoms with Gasteiger partial charge in [-0.2, -0.15) is 0 Å². The Bertz CT molecular complexity index is 518. The van der Waals surface area contributed by atoms with Gasteiger partial charge < -0.3 is 10.4 Å². The van der Waals surface area contributed by atoms with Crippen molar-refractivity contribution in [3.8, 4) is 0 Å². The molecule has 1 heterocycles. The van der Waals surface area contributed by atoms with Crippen molar-refractivity contribution in [2.24, 2.45) is 0 Å². The van der Waals surface area contributed by atoms with Gasteiger partial charge in [0.2, 0.25) is 0 Å². The van der Waals surface area contributed by atoms with E-state index in [1.54, 1.807) is 18.3 Å². The molecule has 0 aliphatic carbocycles. The maximum Gasteiger partial charge on any atom is 0.125 e. The lowest BCUT2D eigenvalue weighted by molar-refractivity contribution is 0.221. The Morgan fingerprint density at radius 1 is 1.28 bits per heavy atom. The molecule has 1 aromatic carbocycles. The topological polar surface area (TPSA) is 45.1 Å². The Morgan fingerprint density at radius 2 is 2.11 bits per heavy atom. The van der Waals surface area contributed by atoms with Crippen LogP contribution in [0.3, 0.4) is 0 Å². The molecule has 0 aliphatic heterocycles. The SMILES string of the molecule is CC(CO)(Nc1cccc(F)c1)c1ccccn1. The molecule has 0 spiro atoms. The van der Waals surface area contributed by atoms with E-state index in [1.807, 2.05) is 25.1 Å². The van der Waals surface area contributed by atoms with Gasteiger partial charge >= 0.3 is 0 Å². The first-order chi connectivity index (χ1) is 8.64. The summed E-state index contributed by atoms with van der Waals surface area (Å²) in [5, 5.41) is 12.7. The third-order valence-corrected chi connectivity index (χ3v) is 2.79. The number of hydrogen-bond acceptors (Lipinski definition) is 3. The molecular formula is C14H15FN2O. The zero-order chi connectivity index (χ0) is 13.0. The van der Waals surface area contributed by atoms with Crippen molar-refractivity contribution < 1.29 is 9.50 Å². The molecule has 94 valence electrons. The molecule has 0 amide bonds. The Morgan fingerprint density at radius 3 is 2.72 bits per heavy atom. The van der Waals surface area contributed by atoms with Crippen molar-refractivity contribution in [3.05, 3.63) is 60.2 Å². The van der Waals surface area contributed by atoms with Crippen molar-refractivity contribution in [2.75, 3.05) is 11.9 Å². The van der Waals surface area contributed by atoms with Crippen LogP contribution in [-0.4, -0.2) is 16.7 Å². The van der Waals surface area contributed by atoms with E-state index in [0.29, 0.717) is 11.4 Å². The summed E-state index contributed by atoms with van der Waals surface area (Å²) in [7, 11) is 0. The number of aromatic nitrogens is 1. The smallest absolute Gasteiger partial charge is 0.125 e. The molecule has 18 heavy (non-hydrogen) atoms. The summed E-state index contributed by atoms with van der Waals surface area (Å²) in [6, 6.07) is 11.6. The third kappa shape index (κ3) is 2.65. The molecule has 0 saturated carbocycles. The van der Waals surface area contributed by atoms with Gasteiger partial charge in [0.15, 0.2) is 0 Å². The quantitative estimate of drug-likeness (QED) is 0.871. The van der Waals surface area contributed by atoms with Crippen LogP contribution in [0.4, 0.5) is 10.1 Å². The summed E-state index contributed by atoms with van der Waals surface area (Å²) in [5.41, 5.74) is 0.573. The Hall–Kier alpha value is -1.94. The number of rotatable bonds is 4. The van der Waals surface area contributed by atoms with E-state index in [1.165, 1.54) is 12.1 Å². The minimum atomic E-state index is -0.741. The van der Waals surface area contributed by atoms with Crippen LogP contribution in [0.15, 0.2) is 48.7 Å². The molecule has 3 nitrogen and oxygen atoms in total. The monoisotopic (exact) mass is 246 g/mol. The van der Waals surface area contributed by atoms with E-state index in [9.17, 15) is 9.50 Å². The minimum Gasteiger partial charge on any atom is -0.394 e. The normalized spacial score (nSPS) is 13.9. The molecule has 0 aliphatic rings. The van der Waals surface area contributed by atoms with Crippen LogP contribution in [0.5, 0.6) is 0 Å². The van der Waals surface area contributed by atoms with Gasteiger partial charge in [-0.15, -0.1) is 0 Å². The Balaban J connectivity index is 2.29. The van der Waals surface area contributed by atoms with E-state index in [4.69, 9.17) is 0 Å². The number of nitrogens with zero attached hydrogens (tertiary/aromatic N) is 1. The summed E-state index contributed by atoms with van der Waals surface area (Å²) in [5.74, 6) is -0.318. The molecule has 2 N–H and O–H groups in total. The first-order valence-electron chi connectivity index (χ1n) is 5.70. The fourth-order valence-electron chi connectivity index (χ4n) is 1.76. The molecule has 0 radical (unpaired) electrons. The standard InChI is InChI=1S/C14H15FN2O/c1-14(10-18,13-7-2-3-8-16-13)17-12-6-4-5-11(15)9-12/h2-9,17-18H,10H2,1H3. The van der Waals surface area contributed by atoms with Crippen molar-refractivity contribution in [2.45, 2.75) is 12.5 Å². The first kappa shape index (κ1) is 12.5. The average Bonchev–Trinajstić information content (AvgIpc) is 2.39. The molecule has 1 aromatic heterocycles. The van der Waals surface area contributed by atoms with Gasteiger partial charge in [0.05, 0.1) is 17.8 Å². The van der Waals surface area contributed by atoms with Gasteiger partial charge in [0, 0.05) is 11.9 Å². The van der Waals surface area contributed by atoms with Crippen LogP contribution in [0.2, 0.25) is 0 Å². The van der Waals surface area contributed by atoms with Gasteiger partial charge in [0.25, 0.3) is 0 Å². The lowest BCUT2D eigenvalue weighted by atomic mass is 9.97. The average molecular weight is 246 g/mol. The lowest BCUT2D eigenvalue weighted by Crippen LogP contribution is -2.36. The molecule has 4 heteroatoms. The third-order valence-electron chi connectivity index (χ3n) is 2.79. The number of halogens is 1. The van der Waals surface area contributed by atoms with E-state index in [2.05, 4.69) is 10.3 Å². The van der Waals surface area contributed by atoms with Crippen LogP contribution >= 0.6 is 0 Å². The van der Waals surface area contributed by atoms with Crippen LogP contribution in [0.25, 0.3) is 0 Å². The van der Waals surface area contributed by atoms with Crippen LogP contribution in [-0.2, 0) is 5.54 Å². The zero-order valence-corrected chi connectivity index (χ0v) is 10.1. The van der Waals surface area contributed by atoms with E-state index < -0.39 is 5.54 Å². The molecule has 2 rings (SSSR count). The largest absolute Gasteiger partial charge is 0.394 e. The molecule has 0 saturated heterocycles. The number of aliphatic hydroxyl groups excluding tert-OH is 1. The Labute approximate surface area is 105 Å². The van der Waals surface area contributed by atoms with Crippen molar-refractivity contribution in [1.29, 1.82) is 0 Å². The Kier molecular flexibility index (Phi) is 3.58. The summed E-state index contributed by atoms with van der Waals surface area (Å²) in [4.78, 5) is 4.22. The highest BCUT2D eigenvalue weighted by Crippen LogP contribution is 2.24. The number of anilines is 1. The van der Waals surface area contributed by atoms with Gasteiger partial charge in [-0.05, 0) is 37.3 Å². The zero-order valence-electron chi connectivity index (χ0n) is 10.1. The fraction of sp³-hybridized carbons (Fsp3) is 0.214. The van der Waals surface area contributed by atoms with Crippen LogP contribution in [0.1, 0.15) is 12.6 Å². The van der Waals surface area contributed by atoms with Crippen molar-refractivity contribution >= 4 is 5.69 Å². The second-order valence-electron chi connectivity index (χ2n) is 4.34. The summed E-state index contributed by atoms with van der Waals surface area (Å²) in [6.07, 6.45) is 1.66. The predicted octanol–water partition coefficient (Wildman–Crippen LogP) is 2.54. The van der Waals surface area contributed by atoms with Crippen LogP contribution < -0.4 is 5.32 Å². The number of benzene rings is 1. The molecule has 1 atom stereocenters. The molecule has 0 bridgehead atoms. The van der Waals surface area contributed by atoms with E-state index >= 15 is 0 Å². The second-order valence-corrected chi connectivity index (χ2v) is 4.34.